The summed E-state index contributed by atoms with van der Waals surface area (Å²) in [6, 6.07) is 22.7. The SMILES string of the molecule is O=C(Nc1cc(Cl)ccc1Cl)C(Oc1ccccc1)Oc1ccccc1. The van der Waals surface area contributed by atoms with Crippen molar-refractivity contribution in [2.75, 3.05) is 5.32 Å². The maximum Gasteiger partial charge on any atom is 0.321 e. The van der Waals surface area contributed by atoms with Crippen molar-refractivity contribution in [1.29, 1.82) is 0 Å². The maximum absolute atomic E-state index is 12.7. The van der Waals surface area contributed by atoms with Gasteiger partial charge in [0.15, 0.2) is 0 Å². The van der Waals surface area contributed by atoms with E-state index in [0.29, 0.717) is 27.2 Å². The highest BCUT2D eigenvalue weighted by Crippen LogP contribution is 2.26. The van der Waals surface area contributed by atoms with Crippen LogP contribution in [0.5, 0.6) is 11.5 Å². The molecule has 3 aromatic carbocycles. The highest BCUT2D eigenvalue weighted by atomic mass is 35.5. The van der Waals surface area contributed by atoms with Gasteiger partial charge in [0, 0.05) is 5.02 Å². The van der Waals surface area contributed by atoms with Crippen LogP contribution < -0.4 is 14.8 Å². The third kappa shape index (κ3) is 4.91. The lowest BCUT2D eigenvalue weighted by atomic mass is 10.3. The number of para-hydroxylation sites is 2. The number of halogens is 2. The Kier molecular flexibility index (Phi) is 6.00. The van der Waals surface area contributed by atoms with E-state index in [-0.39, 0.29) is 0 Å². The van der Waals surface area contributed by atoms with Crippen LogP contribution in [-0.4, -0.2) is 12.2 Å². The minimum absolute atomic E-state index is 0.362. The van der Waals surface area contributed by atoms with Crippen molar-refractivity contribution < 1.29 is 14.3 Å². The highest BCUT2D eigenvalue weighted by Gasteiger charge is 2.23. The van der Waals surface area contributed by atoms with Crippen LogP contribution in [0.2, 0.25) is 10.0 Å². The summed E-state index contributed by atoms with van der Waals surface area (Å²) in [6.45, 7) is 0. The number of hydrogen-bond donors (Lipinski definition) is 1. The Bertz CT molecular complexity index is 831. The first-order valence-corrected chi connectivity index (χ1v) is 8.57. The summed E-state index contributed by atoms with van der Waals surface area (Å²) in [5.41, 5.74) is 0.377. The van der Waals surface area contributed by atoms with E-state index in [1.807, 2.05) is 12.1 Å². The molecule has 0 spiro atoms. The van der Waals surface area contributed by atoms with Gasteiger partial charge in [0.2, 0.25) is 0 Å². The third-order valence-electron chi connectivity index (χ3n) is 3.37. The molecule has 0 unspecified atom stereocenters. The van der Waals surface area contributed by atoms with E-state index in [2.05, 4.69) is 5.32 Å². The highest BCUT2D eigenvalue weighted by molar-refractivity contribution is 6.35. The normalized spacial score (nSPS) is 10.4. The van der Waals surface area contributed by atoms with E-state index in [4.69, 9.17) is 32.7 Å². The summed E-state index contributed by atoms with van der Waals surface area (Å²) in [5.74, 6) is 0.489. The predicted octanol–water partition coefficient (Wildman–Crippen LogP) is 5.42. The lowest BCUT2D eigenvalue weighted by Crippen LogP contribution is -2.38. The van der Waals surface area contributed by atoms with Crippen molar-refractivity contribution in [2.24, 2.45) is 0 Å². The van der Waals surface area contributed by atoms with Gasteiger partial charge in [-0.2, -0.15) is 0 Å². The molecule has 1 N–H and O–H groups in total. The second kappa shape index (κ2) is 8.61. The molecular formula is C20H15Cl2NO3. The Morgan fingerprint density at radius 1 is 0.808 bits per heavy atom. The van der Waals surface area contributed by atoms with Crippen molar-refractivity contribution in [1.82, 2.24) is 0 Å². The average Bonchev–Trinajstić information content (AvgIpc) is 2.66. The van der Waals surface area contributed by atoms with Gasteiger partial charge in [-0.3, -0.25) is 4.79 Å². The smallest absolute Gasteiger partial charge is 0.321 e. The van der Waals surface area contributed by atoms with Crippen LogP contribution >= 0.6 is 23.2 Å². The monoisotopic (exact) mass is 387 g/mol. The molecule has 3 aromatic rings. The largest absolute Gasteiger partial charge is 0.446 e. The van der Waals surface area contributed by atoms with E-state index in [9.17, 15) is 4.79 Å². The number of ether oxygens (including phenoxy) is 2. The number of anilines is 1. The van der Waals surface area contributed by atoms with Crippen molar-refractivity contribution in [3.05, 3.63) is 88.9 Å². The average molecular weight is 388 g/mol. The Labute approximate surface area is 161 Å². The molecule has 0 saturated heterocycles. The van der Waals surface area contributed by atoms with E-state index in [1.165, 1.54) is 0 Å². The standard InChI is InChI=1S/C20H15Cl2NO3/c21-14-11-12-17(22)18(13-14)23-19(24)20(25-15-7-3-1-4-8-15)26-16-9-5-2-6-10-16/h1-13,20H,(H,23,24). The number of benzene rings is 3. The summed E-state index contributed by atoms with van der Waals surface area (Å²) in [6.07, 6.45) is -1.21. The molecule has 4 nitrogen and oxygen atoms in total. The Morgan fingerprint density at radius 2 is 1.35 bits per heavy atom. The number of carbonyl (C=O) groups is 1. The molecule has 0 bridgehead atoms. The van der Waals surface area contributed by atoms with Crippen molar-refractivity contribution in [3.63, 3.8) is 0 Å². The van der Waals surface area contributed by atoms with Crippen molar-refractivity contribution in [3.8, 4) is 11.5 Å². The number of amides is 1. The van der Waals surface area contributed by atoms with Gasteiger partial charge in [-0.25, -0.2) is 0 Å². The minimum atomic E-state index is -1.21. The second-order valence-corrected chi connectivity index (χ2v) is 6.15. The molecule has 0 saturated carbocycles. The quantitative estimate of drug-likeness (QED) is 0.574. The minimum Gasteiger partial charge on any atom is -0.446 e. The molecule has 0 aliphatic heterocycles. The first-order chi connectivity index (χ1) is 12.6. The lowest BCUT2D eigenvalue weighted by molar-refractivity contribution is -0.134. The molecule has 26 heavy (non-hydrogen) atoms. The Morgan fingerprint density at radius 3 is 1.88 bits per heavy atom. The molecule has 6 heteroatoms. The zero-order valence-electron chi connectivity index (χ0n) is 13.6. The van der Waals surface area contributed by atoms with Crippen LogP contribution in [0.3, 0.4) is 0 Å². The fraction of sp³-hybridized carbons (Fsp3) is 0.0500. The summed E-state index contributed by atoms with van der Waals surface area (Å²) in [4.78, 5) is 12.7. The zero-order chi connectivity index (χ0) is 18.4. The summed E-state index contributed by atoms with van der Waals surface area (Å²) in [5, 5.41) is 3.50. The fourth-order valence-electron chi connectivity index (χ4n) is 2.16. The van der Waals surface area contributed by atoms with E-state index in [1.54, 1.807) is 66.7 Å². The molecule has 3 rings (SSSR count). The first kappa shape index (κ1) is 18.1. The van der Waals surface area contributed by atoms with E-state index >= 15 is 0 Å². The molecule has 0 heterocycles. The van der Waals surface area contributed by atoms with Crippen LogP contribution in [0.15, 0.2) is 78.9 Å². The second-order valence-electron chi connectivity index (χ2n) is 5.31. The molecule has 132 valence electrons. The molecule has 0 atom stereocenters. The topological polar surface area (TPSA) is 47.6 Å². The zero-order valence-corrected chi connectivity index (χ0v) is 15.1. The Balaban J connectivity index is 1.81. The van der Waals surface area contributed by atoms with Gasteiger partial charge in [0.1, 0.15) is 11.5 Å². The van der Waals surface area contributed by atoms with Crippen molar-refractivity contribution in [2.45, 2.75) is 6.29 Å². The molecular weight excluding hydrogens is 373 g/mol. The van der Waals surface area contributed by atoms with E-state index in [0.717, 1.165) is 0 Å². The molecule has 0 aliphatic rings. The van der Waals surface area contributed by atoms with Crippen LogP contribution in [0.4, 0.5) is 5.69 Å². The molecule has 1 amide bonds. The number of rotatable bonds is 6. The summed E-state index contributed by atoms with van der Waals surface area (Å²) >= 11 is 12.1. The maximum atomic E-state index is 12.7. The van der Waals surface area contributed by atoms with Gasteiger partial charge in [-0.05, 0) is 42.5 Å². The predicted molar refractivity (Wildman–Crippen MR) is 103 cm³/mol. The number of hydrogen-bond acceptors (Lipinski definition) is 3. The molecule has 0 aliphatic carbocycles. The van der Waals surface area contributed by atoms with Gasteiger partial charge >= 0.3 is 12.2 Å². The first-order valence-electron chi connectivity index (χ1n) is 7.81. The lowest BCUT2D eigenvalue weighted by Gasteiger charge is -2.20. The molecule has 0 aromatic heterocycles. The number of carbonyl (C=O) groups excluding carboxylic acids is 1. The van der Waals surface area contributed by atoms with E-state index < -0.39 is 12.2 Å². The Hall–Kier alpha value is -2.69. The van der Waals surface area contributed by atoms with Crippen molar-refractivity contribution >= 4 is 34.8 Å². The van der Waals surface area contributed by atoms with Crippen LogP contribution in [0.1, 0.15) is 0 Å². The van der Waals surface area contributed by atoms with Gasteiger partial charge in [0.25, 0.3) is 0 Å². The van der Waals surface area contributed by atoms with Crippen LogP contribution in [-0.2, 0) is 4.79 Å². The van der Waals surface area contributed by atoms with Crippen LogP contribution in [0.25, 0.3) is 0 Å². The summed E-state index contributed by atoms with van der Waals surface area (Å²) in [7, 11) is 0. The van der Waals surface area contributed by atoms with Gasteiger partial charge in [-0.1, -0.05) is 59.6 Å². The fourth-order valence-corrected chi connectivity index (χ4v) is 2.50. The molecule has 0 fully saturated rings. The van der Waals surface area contributed by atoms with Crippen LogP contribution in [0, 0.1) is 0 Å². The van der Waals surface area contributed by atoms with Gasteiger partial charge in [0.05, 0.1) is 10.7 Å². The summed E-state index contributed by atoms with van der Waals surface area (Å²) < 4.78 is 11.4. The number of nitrogens with one attached hydrogen (secondary N) is 1. The van der Waals surface area contributed by atoms with Gasteiger partial charge < -0.3 is 14.8 Å². The molecule has 0 radical (unpaired) electrons. The third-order valence-corrected chi connectivity index (χ3v) is 3.94. The van der Waals surface area contributed by atoms with Gasteiger partial charge in [-0.15, -0.1) is 0 Å².